The second kappa shape index (κ2) is 7.00. The number of para-hydroxylation sites is 1. The molecule has 0 aromatic heterocycles. The molecule has 0 aliphatic carbocycles. The van der Waals surface area contributed by atoms with Gasteiger partial charge in [-0.1, -0.05) is 31.5 Å². The molecule has 6 heteroatoms. The highest BCUT2D eigenvalue weighted by Gasteiger charge is 2.35. The van der Waals surface area contributed by atoms with E-state index >= 15 is 0 Å². The van der Waals surface area contributed by atoms with Crippen molar-refractivity contribution in [3.63, 3.8) is 0 Å². The molecule has 2 aromatic rings. The lowest BCUT2D eigenvalue weighted by Gasteiger charge is -2.28. The van der Waals surface area contributed by atoms with Gasteiger partial charge in [-0.15, -0.1) is 0 Å². The molecule has 2 aliphatic heterocycles. The van der Waals surface area contributed by atoms with Crippen LogP contribution in [0.25, 0.3) is 0 Å². The molecule has 2 aliphatic rings. The van der Waals surface area contributed by atoms with Crippen LogP contribution in [-0.4, -0.2) is 27.4 Å². The first kappa shape index (κ1) is 18.0. The topological polar surface area (TPSA) is 57.7 Å². The Morgan fingerprint density at radius 3 is 2.59 bits per heavy atom. The summed E-state index contributed by atoms with van der Waals surface area (Å²) in [5.41, 5.74) is 3.45. The minimum Gasteiger partial charge on any atom is -0.312 e. The lowest BCUT2D eigenvalue weighted by atomic mass is 10.0. The molecule has 0 saturated heterocycles. The largest absolute Gasteiger partial charge is 0.312 e. The third kappa shape index (κ3) is 3.12. The first-order chi connectivity index (χ1) is 13.0. The van der Waals surface area contributed by atoms with Crippen LogP contribution in [0.2, 0.25) is 0 Å². The summed E-state index contributed by atoms with van der Waals surface area (Å²) in [5, 5.41) is 0. The number of carbonyl (C=O) groups is 1. The average molecular weight is 385 g/mol. The number of anilines is 2. The number of nitrogens with zero attached hydrogens (tertiary/aromatic N) is 2. The van der Waals surface area contributed by atoms with Crippen LogP contribution >= 0.6 is 0 Å². The van der Waals surface area contributed by atoms with E-state index < -0.39 is 10.0 Å². The summed E-state index contributed by atoms with van der Waals surface area (Å²) in [4.78, 5) is 14.4. The maximum Gasteiger partial charge on any atom is 0.264 e. The van der Waals surface area contributed by atoms with Crippen molar-refractivity contribution in [3.8, 4) is 0 Å². The fraction of sp³-hybridized carbons (Fsp3) is 0.381. The number of rotatable bonds is 6. The quantitative estimate of drug-likeness (QED) is 0.766. The van der Waals surface area contributed by atoms with Gasteiger partial charge in [0.1, 0.15) is 0 Å². The van der Waals surface area contributed by atoms with Crippen LogP contribution in [0.1, 0.15) is 37.3 Å². The van der Waals surface area contributed by atoms with Crippen LogP contribution in [0, 0.1) is 0 Å². The standard InChI is InChI=1S/C21H24N2O3S/c1-2-3-12-23(18-9-5-4-6-10-18)27(25,26)19-13-16-8-7-11-22-20(24)15-17(14-19)21(16)22/h4-6,9-10,13-14H,2-3,7-8,11-12,15H2,1H3. The van der Waals surface area contributed by atoms with Crippen molar-refractivity contribution < 1.29 is 13.2 Å². The summed E-state index contributed by atoms with van der Waals surface area (Å²) >= 11 is 0. The summed E-state index contributed by atoms with van der Waals surface area (Å²) in [7, 11) is -3.69. The van der Waals surface area contributed by atoms with Gasteiger partial charge in [-0.2, -0.15) is 0 Å². The van der Waals surface area contributed by atoms with Gasteiger partial charge in [0.05, 0.1) is 22.7 Å². The Balaban J connectivity index is 1.79. The Bertz CT molecular complexity index is 970. The molecule has 5 nitrogen and oxygen atoms in total. The molecule has 0 fully saturated rings. The first-order valence-corrected chi connectivity index (χ1v) is 11.0. The molecule has 4 rings (SSSR count). The van der Waals surface area contributed by atoms with E-state index in [4.69, 9.17) is 0 Å². The number of aryl methyl sites for hydroxylation is 1. The molecule has 2 aromatic carbocycles. The molecule has 0 atom stereocenters. The van der Waals surface area contributed by atoms with E-state index in [1.807, 2.05) is 35.2 Å². The summed E-state index contributed by atoms with van der Waals surface area (Å²) in [5.74, 6) is 0.0754. The third-order valence-electron chi connectivity index (χ3n) is 5.33. The maximum atomic E-state index is 13.5. The predicted molar refractivity (Wildman–Crippen MR) is 107 cm³/mol. The number of carbonyl (C=O) groups excluding carboxylic acids is 1. The van der Waals surface area contributed by atoms with Gasteiger partial charge >= 0.3 is 0 Å². The lowest BCUT2D eigenvalue weighted by molar-refractivity contribution is -0.117. The second-order valence-electron chi connectivity index (χ2n) is 7.18. The summed E-state index contributed by atoms with van der Waals surface area (Å²) in [6, 6.07) is 12.7. The number of hydrogen-bond acceptors (Lipinski definition) is 3. The van der Waals surface area contributed by atoms with E-state index in [1.54, 1.807) is 12.1 Å². The molecule has 27 heavy (non-hydrogen) atoms. The van der Waals surface area contributed by atoms with Gasteiger partial charge in [-0.05, 0) is 54.7 Å². The summed E-state index contributed by atoms with van der Waals surface area (Å²) < 4.78 is 28.5. The number of hydrogen-bond donors (Lipinski definition) is 0. The van der Waals surface area contributed by atoms with Crippen LogP contribution in [0.15, 0.2) is 47.4 Å². The van der Waals surface area contributed by atoms with Gasteiger partial charge in [0.15, 0.2) is 0 Å². The van der Waals surface area contributed by atoms with E-state index in [1.165, 1.54) is 4.31 Å². The Morgan fingerprint density at radius 2 is 1.85 bits per heavy atom. The van der Waals surface area contributed by atoms with Gasteiger partial charge in [0, 0.05) is 13.1 Å². The Morgan fingerprint density at radius 1 is 1.11 bits per heavy atom. The fourth-order valence-corrected chi connectivity index (χ4v) is 5.61. The summed E-state index contributed by atoms with van der Waals surface area (Å²) in [6.45, 7) is 3.23. The minimum absolute atomic E-state index is 0.0754. The summed E-state index contributed by atoms with van der Waals surface area (Å²) in [6.07, 6.45) is 3.69. The second-order valence-corrected chi connectivity index (χ2v) is 9.04. The first-order valence-electron chi connectivity index (χ1n) is 9.56. The Labute approximate surface area is 160 Å². The highest BCUT2D eigenvalue weighted by atomic mass is 32.2. The zero-order chi connectivity index (χ0) is 19.0. The van der Waals surface area contributed by atoms with Gasteiger partial charge in [-0.3, -0.25) is 9.10 Å². The zero-order valence-electron chi connectivity index (χ0n) is 15.5. The van der Waals surface area contributed by atoms with E-state index in [-0.39, 0.29) is 5.91 Å². The van der Waals surface area contributed by atoms with E-state index in [0.29, 0.717) is 23.5 Å². The van der Waals surface area contributed by atoms with Crippen molar-refractivity contribution in [2.24, 2.45) is 0 Å². The molecule has 0 radical (unpaired) electrons. The molecule has 1 amide bonds. The number of sulfonamides is 1. The molecule has 0 spiro atoms. The van der Waals surface area contributed by atoms with E-state index in [9.17, 15) is 13.2 Å². The molecular formula is C21H24N2O3S. The van der Waals surface area contributed by atoms with Crippen molar-refractivity contribution in [1.29, 1.82) is 0 Å². The fourth-order valence-electron chi connectivity index (χ4n) is 4.01. The number of unbranched alkanes of at least 4 members (excludes halogenated alkanes) is 1. The maximum absolute atomic E-state index is 13.5. The van der Waals surface area contributed by atoms with Gasteiger partial charge < -0.3 is 4.90 Å². The molecule has 0 unspecified atom stereocenters. The Kier molecular flexibility index (Phi) is 4.68. The zero-order valence-corrected chi connectivity index (χ0v) is 16.3. The van der Waals surface area contributed by atoms with Crippen molar-refractivity contribution in [3.05, 3.63) is 53.6 Å². The third-order valence-corrected chi connectivity index (χ3v) is 7.13. The normalized spacial score (nSPS) is 15.7. The predicted octanol–water partition coefficient (Wildman–Crippen LogP) is 3.52. The molecule has 0 saturated carbocycles. The number of amides is 1. The van der Waals surface area contributed by atoms with Crippen molar-refractivity contribution in [2.75, 3.05) is 22.3 Å². The molecule has 142 valence electrons. The molecule has 0 N–H and O–H groups in total. The smallest absolute Gasteiger partial charge is 0.264 e. The molecule has 2 heterocycles. The van der Waals surface area contributed by atoms with Crippen LogP contribution in [-0.2, 0) is 27.7 Å². The van der Waals surface area contributed by atoms with E-state index in [0.717, 1.165) is 49.0 Å². The van der Waals surface area contributed by atoms with E-state index in [2.05, 4.69) is 6.92 Å². The minimum atomic E-state index is -3.69. The van der Waals surface area contributed by atoms with Crippen LogP contribution in [0.5, 0.6) is 0 Å². The average Bonchev–Trinajstić information content (AvgIpc) is 3.00. The highest BCUT2D eigenvalue weighted by Crippen LogP contribution is 2.39. The van der Waals surface area contributed by atoms with Gasteiger partial charge in [0.2, 0.25) is 5.91 Å². The SMILES string of the molecule is CCCCN(c1ccccc1)S(=O)(=O)c1cc2c3c(c1)CC(=O)N3CCC2. The Hall–Kier alpha value is -2.34. The molecular weight excluding hydrogens is 360 g/mol. The van der Waals surface area contributed by atoms with Crippen molar-refractivity contribution >= 4 is 27.3 Å². The van der Waals surface area contributed by atoms with Crippen molar-refractivity contribution in [1.82, 2.24) is 0 Å². The van der Waals surface area contributed by atoms with Crippen LogP contribution in [0.3, 0.4) is 0 Å². The lowest BCUT2D eigenvalue weighted by Crippen LogP contribution is -2.33. The monoisotopic (exact) mass is 384 g/mol. The van der Waals surface area contributed by atoms with Crippen LogP contribution < -0.4 is 9.21 Å². The molecule has 0 bridgehead atoms. The van der Waals surface area contributed by atoms with Crippen molar-refractivity contribution in [2.45, 2.75) is 43.9 Å². The number of benzene rings is 2. The highest BCUT2D eigenvalue weighted by molar-refractivity contribution is 7.92. The van der Waals surface area contributed by atoms with Gasteiger partial charge in [0.25, 0.3) is 10.0 Å². The van der Waals surface area contributed by atoms with Gasteiger partial charge in [-0.25, -0.2) is 8.42 Å². The van der Waals surface area contributed by atoms with Crippen LogP contribution in [0.4, 0.5) is 11.4 Å².